The Morgan fingerprint density at radius 1 is 1.06 bits per heavy atom. The maximum absolute atomic E-state index is 3.92. The summed E-state index contributed by atoms with van der Waals surface area (Å²) in [5.41, 5.74) is 0. The van der Waals surface area contributed by atoms with Gasteiger partial charge in [0.2, 0.25) is 0 Å². The molecule has 1 saturated heterocycles. The minimum absolute atomic E-state index is 0.724. The molecule has 1 unspecified atom stereocenters. The third-order valence-corrected chi connectivity index (χ3v) is 5.30. The molecule has 0 aromatic carbocycles. The highest BCUT2D eigenvalue weighted by Gasteiger charge is 2.26. The Labute approximate surface area is 114 Å². The van der Waals surface area contributed by atoms with E-state index in [4.69, 9.17) is 0 Å². The first-order valence-corrected chi connectivity index (χ1v) is 8.17. The Hall–Kier alpha value is -0.0800. The van der Waals surface area contributed by atoms with E-state index in [1.807, 2.05) is 0 Å². The van der Waals surface area contributed by atoms with E-state index in [0.29, 0.717) is 0 Å². The van der Waals surface area contributed by atoms with Crippen LogP contribution in [0.5, 0.6) is 0 Å². The van der Waals surface area contributed by atoms with Gasteiger partial charge in [-0.05, 0) is 76.9 Å². The Kier molecular flexibility index (Phi) is 5.50. The quantitative estimate of drug-likeness (QED) is 0.826. The van der Waals surface area contributed by atoms with Gasteiger partial charge in [0, 0.05) is 12.1 Å². The summed E-state index contributed by atoms with van der Waals surface area (Å²) >= 11 is 0. The van der Waals surface area contributed by atoms with Gasteiger partial charge in [0.15, 0.2) is 0 Å². The zero-order chi connectivity index (χ0) is 13.0. The zero-order valence-corrected chi connectivity index (χ0v) is 12.6. The van der Waals surface area contributed by atoms with Gasteiger partial charge in [-0.15, -0.1) is 0 Å². The van der Waals surface area contributed by atoms with E-state index < -0.39 is 0 Å². The van der Waals surface area contributed by atoms with Gasteiger partial charge in [-0.25, -0.2) is 0 Å². The molecule has 1 saturated carbocycles. The maximum Gasteiger partial charge on any atom is 0.00705 e. The fraction of sp³-hybridized carbons (Fsp3) is 1.00. The van der Waals surface area contributed by atoms with E-state index in [9.17, 15) is 0 Å². The highest BCUT2D eigenvalue weighted by molar-refractivity contribution is 4.83. The Morgan fingerprint density at radius 2 is 1.67 bits per heavy atom. The first-order valence-electron chi connectivity index (χ1n) is 8.17. The van der Waals surface area contributed by atoms with Crippen molar-refractivity contribution in [3.63, 3.8) is 0 Å². The molecule has 1 heterocycles. The second-order valence-corrected chi connectivity index (χ2v) is 6.68. The second-order valence-electron chi connectivity index (χ2n) is 6.68. The lowest BCUT2D eigenvalue weighted by Gasteiger charge is -2.37. The standard InChI is InChI=1S/C16H32N2/c1-4-18-11-9-15(10-12-18)14(3)17-16-7-5-13(2)6-8-16/h13-17H,4-12H2,1-3H3. The normalized spacial score (nSPS) is 33.5. The molecule has 1 aliphatic carbocycles. The minimum atomic E-state index is 0.724. The molecule has 0 radical (unpaired) electrons. The summed E-state index contributed by atoms with van der Waals surface area (Å²) < 4.78 is 0. The van der Waals surface area contributed by atoms with E-state index in [2.05, 4.69) is 31.0 Å². The van der Waals surface area contributed by atoms with Crippen LogP contribution in [0.1, 0.15) is 59.3 Å². The molecule has 0 aromatic heterocycles. The van der Waals surface area contributed by atoms with Crippen LogP contribution in [-0.4, -0.2) is 36.6 Å². The largest absolute Gasteiger partial charge is 0.311 e. The molecule has 18 heavy (non-hydrogen) atoms. The molecular weight excluding hydrogens is 220 g/mol. The van der Waals surface area contributed by atoms with Crippen molar-refractivity contribution in [1.29, 1.82) is 0 Å². The van der Waals surface area contributed by atoms with Crippen molar-refractivity contribution < 1.29 is 0 Å². The second kappa shape index (κ2) is 6.91. The number of piperidine rings is 1. The van der Waals surface area contributed by atoms with Crippen molar-refractivity contribution in [1.82, 2.24) is 10.2 Å². The summed E-state index contributed by atoms with van der Waals surface area (Å²) in [6.07, 6.45) is 8.45. The molecule has 2 fully saturated rings. The predicted octanol–water partition coefficient (Wildman–Crippen LogP) is 3.28. The average Bonchev–Trinajstić information content (AvgIpc) is 2.41. The molecule has 0 amide bonds. The SMILES string of the molecule is CCN1CCC(C(C)NC2CCC(C)CC2)CC1. The van der Waals surface area contributed by atoms with Crippen LogP contribution in [0.3, 0.4) is 0 Å². The maximum atomic E-state index is 3.92. The molecule has 1 aliphatic heterocycles. The van der Waals surface area contributed by atoms with E-state index in [0.717, 1.165) is 23.9 Å². The lowest BCUT2D eigenvalue weighted by atomic mass is 9.85. The number of likely N-dealkylation sites (tertiary alicyclic amines) is 1. The fourth-order valence-corrected chi connectivity index (χ4v) is 3.70. The monoisotopic (exact) mass is 252 g/mol. The molecule has 2 heteroatoms. The minimum Gasteiger partial charge on any atom is -0.311 e. The summed E-state index contributed by atoms with van der Waals surface area (Å²) in [6.45, 7) is 11.0. The first kappa shape index (κ1) is 14.3. The van der Waals surface area contributed by atoms with Gasteiger partial charge in [-0.3, -0.25) is 0 Å². The summed E-state index contributed by atoms with van der Waals surface area (Å²) in [6, 6.07) is 1.53. The van der Waals surface area contributed by atoms with Gasteiger partial charge in [0.1, 0.15) is 0 Å². The molecule has 106 valence electrons. The molecule has 1 atom stereocenters. The molecule has 2 nitrogen and oxygen atoms in total. The summed E-state index contributed by atoms with van der Waals surface area (Å²) in [7, 11) is 0. The van der Waals surface area contributed by atoms with Crippen molar-refractivity contribution in [3.05, 3.63) is 0 Å². The van der Waals surface area contributed by atoms with Gasteiger partial charge in [-0.2, -0.15) is 0 Å². The molecule has 1 N–H and O–H groups in total. The predicted molar refractivity (Wildman–Crippen MR) is 78.9 cm³/mol. The van der Waals surface area contributed by atoms with Gasteiger partial charge in [0.05, 0.1) is 0 Å². The van der Waals surface area contributed by atoms with Crippen molar-refractivity contribution in [2.75, 3.05) is 19.6 Å². The van der Waals surface area contributed by atoms with Crippen molar-refractivity contribution in [3.8, 4) is 0 Å². The summed E-state index contributed by atoms with van der Waals surface area (Å²) in [5.74, 6) is 1.87. The molecule has 0 spiro atoms. The van der Waals surface area contributed by atoms with Gasteiger partial charge in [-0.1, -0.05) is 13.8 Å². The van der Waals surface area contributed by atoms with Gasteiger partial charge < -0.3 is 10.2 Å². The summed E-state index contributed by atoms with van der Waals surface area (Å²) in [5, 5.41) is 3.92. The lowest BCUT2D eigenvalue weighted by molar-refractivity contribution is 0.157. The molecule has 2 aliphatic rings. The van der Waals surface area contributed by atoms with Crippen LogP contribution in [-0.2, 0) is 0 Å². The van der Waals surface area contributed by atoms with E-state index in [1.165, 1.54) is 58.2 Å². The lowest BCUT2D eigenvalue weighted by Crippen LogP contribution is -2.46. The molecule has 0 bridgehead atoms. The highest BCUT2D eigenvalue weighted by Crippen LogP contribution is 2.26. The molecular formula is C16H32N2. The Balaban J connectivity index is 1.70. The van der Waals surface area contributed by atoms with Crippen molar-refractivity contribution in [2.45, 2.75) is 71.4 Å². The topological polar surface area (TPSA) is 15.3 Å². The number of nitrogens with zero attached hydrogens (tertiary/aromatic N) is 1. The highest BCUT2D eigenvalue weighted by atomic mass is 15.1. The van der Waals surface area contributed by atoms with Crippen LogP contribution in [0, 0.1) is 11.8 Å². The number of nitrogens with one attached hydrogen (secondary N) is 1. The molecule has 2 rings (SSSR count). The number of hydrogen-bond donors (Lipinski definition) is 1. The Bertz CT molecular complexity index is 225. The van der Waals surface area contributed by atoms with Gasteiger partial charge >= 0.3 is 0 Å². The number of hydrogen-bond acceptors (Lipinski definition) is 2. The number of rotatable bonds is 4. The summed E-state index contributed by atoms with van der Waals surface area (Å²) in [4.78, 5) is 2.59. The molecule has 0 aromatic rings. The van der Waals surface area contributed by atoms with Gasteiger partial charge in [0.25, 0.3) is 0 Å². The third-order valence-electron chi connectivity index (χ3n) is 5.30. The van der Waals surface area contributed by atoms with Crippen LogP contribution < -0.4 is 5.32 Å². The zero-order valence-electron chi connectivity index (χ0n) is 12.6. The Morgan fingerprint density at radius 3 is 2.22 bits per heavy atom. The smallest absolute Gasteiger partial charge is 0.00705 e. The van der Waals surface area contributed by atoms with Crippen LogP contribution in [0.2, 0.25) is 0 Å². The third kappa shape index (κ3) is 3.96. The van der Waals surface area contributed by atoms with E-state index >= 15 is 0 Å². The van der Waals surface area contributed by atoms with Crippen molar-refractivity contribution >= 4 is 0 Å². The first-order chi connectivity index (χ1) is 8.69. The van der Waals surface area contributed by atoms with E-state index in [1.54, 1.807) is 0 Å². The van der Waals surface area contributed by atoms with Crippen LogP contribution in [0.15, 0.2) is 0 Å². The van der Waals surface area contributed by atoms with Crippen LogP contribution in [0.4, 0.5) is 0 Å². The average molecular weight is 252 g/mol. The van der Waals surface area contributed by atoms with Crippen LogP contribution >= 0.6 is 0 Å². The fourth-order valence-electron chi connectivity index (χ4n) is 3.70. The van der Waals surface area contributed by atoms with E-state index in [-0.39, 0.29) is 0 Å². The van der Waals surface area contributed by atoms with Crippen LogP contribution in [0.25, 0.3) is 0 Å². The van der Waals surface area contributed by atoms with Crippen molar-refractivity contribution in [2.24, 2.45) is 11.8 Å².